The van der Waals surface area contributed by atoms with E-state index in [1.165, 1.54) is 0 Å². The first kappa shape index (κ1) is 19.7. The minimum absolute atomic E-state index is 0.0694. The Morgan fingerprint density at radius 3 is 2.83 bits per heavy atom. The van der Waals surface area contributed by atoms with E-state index in [1.807, 2.05) is 18.2 Å². The van der Waals surface area contributed by atoms with Gasteiger partial charge in [0.15, 0.2) is 0 Å². The second-order valence-electron chi connectivity index (χ2n) is 6.92. The summed E-state index contributed by atoms with van der Waals surface area (Å²) in [6, 6.07) is 12.4. The molecule has 0 radical (unpaired) electrons. The molecule has 1 aliphatic rings. The molecule has 1 N–H and O–H groups in total. The summed E-state index contributed by atoms with van der Waals surface area (Å²) >= 11 is 1.66. The van der Waals surface area contributed by atoms with Crippen molar-refractivity contribution in [3.8, 4) is 21.7 Å². The van der Waals surface area contributed by atoms with Crippen molar-refractivity contribution in [3.63, 3.8) is 0 Å². The summed E-state index contributed by atoms with van der Waals surface area (Å²) in [5.74, 6) is 0.0694. The Balaban J connectivity index is 1.33. The highest BCUT2D eigenvalue weighted by molar-refractivity contribution is 7.15. The standard InChI is InChI=1S/C22H24N4O2S/c27-22(25-8-9-26-10-12-28-13-11-26)15-19-4-5-21(29-19)18-3-1-2-17(14-18)20-16-23-6-7-24-20/h1-7,14,16H,8-13,15H2,(H,25,27). The van der Waals surface area contributed by atoms with Crippen LogP contribution in [0, 0.1) is 0 Å². The number of thiophene rings is 1. The van der Waals surface area contributed by atoms with Gasteiger partial charge < -0.3 is 10.1 Å². The highest BCUT2D eigenvalue weighted by Gasteiger charge is 2.12. The SMILES string of the molecule is O=C(Cc1ccc(-c2cccc(-c3cnccn3)c2)s1)NCCN1CCOCC1. The lowest BCUT2D eigenvalue weighted by molar-refractivity contribution is -0.120. The average molecular weight is 409 g/mol. The Hall–Kier alpha value is -2.61. The minimum Gasteiger partial charge on any atom is -0.379 e. The largest absolute Gasteiger partial charge is 0.379 e. The second-order valence-corrected chi connectivity index (χ2v) is 8.09. The molecular weight excluding hydrogens is 384 g/mol. The number of carbonyl (C=O) groups excluding carboxylic acids is 1. The molecule has 1 fully saturated rings. The van der Waals surface area contributed by atoms with Gasteiger partial charge in [0.25, 0.3) is 0 Å². The van der Waals surface area contributed by atoms with Gasteiger partial charge in [-0.3, -0.25) is 19.7 Å². The van der Waals surface area contributed by atoms with Crippen LogP contribution >= 0.6 is 11.3 Å². The molecule has 0 spiro atoms. The highest BCUT2D eigenvalue weighted by Crippen LogP contribution is 2.30. The monoisotopic (exact) mass is 408 g/mol. The summed E-state index contributed by atoms with van der Waals surface area (Å²) in [4.78, 5) is 25.3. The molecule has 0 bridgehead atoms. The van der Waals surface area contributed by atoms with Crippen LogP contribution in [0.2, 0.25) is 0 Å². The molecule has 6 nitrogen and oxygen atoms in total. The van der Waals surface area contributed by atoms with E-state index in [0.29, 0.717) is 13.0 Å². The molecule has 7 heteroatoms. The first-order valence-electron chi connectivity index (χ1n) is 9.80. The van der Waals surface area contributed by atoms with E-state index < -0.39 is 0 Å². The number of rotatable bonds is 7. The Bertz CT molecular complexity index is 939. The first-order chi connectivity index (χ1) is 14.3. The van der Waals surface area contributed by atoms with Crippen LogP contribution in [0.25, 0.3) is 21.7 Å². The Kier molecular flexibility index (Phi) is 6.61. The van der Waals surface area contributed by atoms with Crippen LogP contribution in [0.4, 0.5) is 0 Å². The van der Waals surface area contributed by atoms with Crippen molar-refractivity contribution in [2.45, 2.75) is 6.42 Å². The predicted molar refractivity (Wildman–Crippen MR) is 115 cm³/mol. The quantitative estimate of drug-likeness (QED) is 0.651. The number of benzene rings is 1. The predicted octanol–water partition coefficient (Wildman–Crippen LogP) is 2.86. The molecule has 2 aromatic heterocycles. The number of nitrogens with zero attached hydrogens (tertiary/aromatic N) is 3. The van der Waals surface area contributed by atoms with Gasteiger partial charge in [-0.15, -0.1) is 11.3 Å². The lowest BCUT2D eigenvalue weighted by Gasteiger charge is -2.26. The number of hydrogen-bond donors (Lipinski definition) is 1. The van der Waals surface area contributed by atoms with Crippen molar-refractivity contribution in [2.75, 3.05) is 39.4 Å². The van der Waals surface area contributed by atoms with E-state index in [1.54, 1.807) is 29.9 Å². The lowest BCUT2D eigenvalue weighted by Crippen LogP contribution is -2.41. The third-order valence-corrected chi connectivity index (χ3v) is 5.99. The van der Waals surface area contributed by atoms with Crippen LogP contribution in [0.1, 0.15) is 4.88 Å². The molecule has 3 aromatic rings. The fourth-order valence-electron chi connectivity index (χ4n) is 3.31. The summed E-state index contributed by atoms with van der Waals surface area (Å²) in [6.07, 6.45) is 5.55. The number of amides is 1. The van der Waals surface area contributed by atoms with Gasteiger partial charge >= 0.3 is 0 Å². The maximum absolute atomic E-state index is 12.3. The Morgan fingerprint density at radius 2 is 2.00 bits per heavy atom. The molecule has 29 heavy (non-hydrogen) atoms. The maximum atomic E-state index is 12.3. The smallest absolute Gasteiger partial charge is 0.225 e. The van der Waals surface area contributed by atoms with Crippen molar-refractivity contribution >= 4 is 17.2 Å². The van der Waals surface area contributed by atoms with E-state index in [9.17, 15) is 4.79 Å². The number of nitrogens with one attached hydrogen (secondary N) is 1. The molecule has 4 rings (SSSR count). The van der Waals surface area contributed by atoms with E-state index in [2.05, 4.69) is 38.4 Å². The van der Waals surface area contributed by atoms with Gasteiger partial charge in [0.2, 0.25) is 5.91 Å². The topological polar surface area (TPSA) is 67.4 Å². The van der Waals surface area contributed by atoms with E-state index in [-0.39, 0.29) is 5.91 Å². The van der Waals surface area contributed by atoms with Crippen LogP contribution < -0.4 is 5.32 Å². The second kappa shape index (κ2) is 9.73. The van der Waals surface area contributed by atoms with E-state index in [0.717, 1.165) is 59.4 Å². The van der Waals surface area contributed by atoms with Crippen molar-refractivity contribution in [1.29, 1.82) is 0 Å². The number of hydrogen-bond acceptors (Lipinski definition) is 6. The molecule has 0 saturated carbocycles. The Morgan fingerprint density at radius 1 is 1.14 bits per heavy atom. The van der Waals surface area contributed by atoms with Crippen molar-refractivity contribution in [2.24, 2.45) is 0 Å². The number of aromatic nitrogens is 2. The van der Waals surface area contributed by atoms with Crippen LogP contribution in [0.15, 0.2) is 55.0 Å². The maximum Gasteiger partial charge on any atom is 0.225 e. The molecular formula is C22H24N4O2S. The van der Waals surface area contributed by atoms with Gasteiger partial charge in [-0.05, 0) is 23.8 Å². The third-order valence-electron chi connectivity index (χ3n) is 4.86. The number of morpholine rings is 1. The summed E-state index contributed by atoms with van der Waals surface area (Å²) in [6.45, 7) is 5.00. The van der Waals surface area contributed by atoms with Crippen LogP contribution in [-0.4, -0.2) is 60.2 Å². The molecule has 1 saturated heterocycles. The van der Waals surface area contributed by atoms with Crippen molar-refractivity contribution in [3.05, 3.63) is 59.9 Å². The molecule has 1 amide bonds. The average Bonchev–Trinajstić information content (AvgIpc) is 3.24. The number of ether oxygens (including phenoxy) is 1. The minimum atomic E-state index is 0.0694. The van der Waals surface area contributed by atoms with Gasteiger partial charge in [0.05, 0.1) is 31.5 Å². The van der Waals surface area contributed by atoms with Gasteiger partial charge in [-0.1, -0.05) is 18.2 Å². The van der Waals surface area contributed by atoms with Crippen LogP contribution in [0.5, 0.6) is 0 Å². The first-order valence-corrected chi connectivity index (χ1v) is 10.6. The summed E-state index contributed by atoms with van der Waals surface area (Å²) in [7, 11) is 0. The molecule has 1 aliphatic heterocycles. The van der Waals surface area contributed by atoms with Crippen LogP contribution in [-0.2, 0) is 16.0 Å². The fraction of sp³-hybridized carbons (Fsp3) is 0.318. The third kappa shape index (κ3) is 5.47. The van der Waals surface area contributed by atoms with Crippen LogP contribution in [0.3, 0.4) is 0 Å². The molecule has 1 aromatic carbocycles. The lowest BCUT2D eigenvalue weighted by atomic mass is 10.1. The molecule has 150 valence electrons. The van der Waals surface area contributed by atoms with Gasteiger partial charge in [-0.25, -0.2) is 0 Å². The normalized spacial score (nSPS) is 14.6. The molecule has 0 aliphatic carbocycles. The summed E-state index contributed by atoms with van der Waals surface area (Å²) in [5, 5.41) is 3.03. The zero-order valence-corrected chi connectivity index (χ0v) is 17.0. The van der Waals surface area contributed by atoms with Gasteiger partial charge in [0.1, 0.15) is 0 Å². The summed E-state index contributed by atoms with van der Waals surface area (Å²) in [5.41, 5.74) is 3.01. The fourth-order valence-corrected chi connectivity index (χ4v) is 4.31. The van der Waals surface area contributed by atoms with Crippen molar-refractivity contribution < 1.29 is 9.53 Å². The zero-order chi connectivity index (χ0) is 19.9. The van der Waals surface area contributed by atoms with Gasteiger partial charge in [0, 0.05) is 53.9 Å². The van der Waals surface area contributed by atoms with E-state index in [4.69, 9.17) is 4.74 Å². The number of carbonyl (C=O) groups is 1. The molecule has 0 atom stereocenters. The van der Waals surface area contributed by atoms with Gasteiger partial charge in [-0.2, -0.15) is 0 Å². The highest BCUT2D eigenvalue weighted by atomic mass is 32.1. The Labute approximate surface area is 174 Å². The van der Waals surface area contributed by atoms with Crippen molar-refractivity contribution in [1.82, 2.24) is 20.2 Å². The molecule has 3 heterocycles. The molecule has 0 unspecified atom stereocenters. The van der Waals surface area contributed by atoms with E-state index >= 15 is 0 Å². The summed E-state index contributed by atoms with van der Waals surface area (Å²) < 4.78 is 5.34. The zero-order valence-electron chi connectivity index (χ0n) is 16.2.